The summed E-state index contributed by atoms with van der Waals surface area (Å²) in [5.74, 6) is 0.838. The molecule has 1 amide bonds. The molecule has 1 aromatic carbocycles. The van der Waals surface area contributed by atoms with E-state index in [-0.39, 0.29) is 12.5 Å². The number of nitrogens with one attached hydrogen (secondary N) is 1. The van der Waals surface area contributed by atoms with Crippen LogP contribution in [0.15, 0.2) is 53.9 Å². The van der Waals surface area contributed by atoms with Crippen molar-refractivity contribution >= 4 is 12.1 Å². The largest absolute Gasteiger partial charge is 0.485 e. The summed E-state index contributed by atoms with van der Waals surface area (Å²) in [6.07, 6.45) is 4.11. The number of ether oxygens (including phenoxy) is 2. The molecule has 1 aliphatic rings. The summed E-state index contributed by atoms with van der Waals surface area (Å²) >= 11 is 0. The van der Waals surface area contributed by atoms with Gasteiger partial charge < -0.3 is 9.47 Å². The zero-order valence-corrected chi connectivity index (χ0v) is 11.1. The smallest absolute Gasteiger partial charge is 0.284 e. The van der Waals surface area contributed by atoms with Crippen molar-refractivity contribution in [2.45, 2.75) is 6.10 Å². The molecule has 0 radical (unpaired) electrons. The van der Waals surface area contributed by atoms with Gasteiger partial charge in [0, 0.05) is 18.0 Å². The van der Waals surface area contributed by atoms with Gasteiger partial charge in [0.1, 0.15) is 6.61 Å². The Balaban J connectivity index is 1.59. The molecular weight excluding hydrogens is 270 g/mol. The third-order valence-electron chi connectivity index (χ3n) is 2.87. The fraction of sp³-hybridized carbons (Fsp3) is 0.133. The molecular formula is C15H13N3O3. The van der Waals surface area contributed by atoms with Crippen LogP contribution in [0.4, 0.5) is 0 Å². The number of hydrogen-bond donors (Lipinski definition) is 1. The van der Waals surface area contributed by atoms with Crippen LogP contribution >= 0.6 is 0 Å². The van der Waals surface area contributed by atoms with Crippen molar-refractivity contribution in [2.75, 3.05) is 6.61 Å². The van der Waals surface area contributed by atoms with Gasteiger partial charge in [-0.05, 0) is 18.2 Å². The summed E-state index contributed by atoms with van der Waals surface area (Å²) in [7, 11) is 0. The van der Waals surface area contributed by atoms with Gasteiger partial charge in [-0.15, -0.1) is 0 Å². The Morgan fingerprint density at radius 2 is 2.14 bits per heavy atom. The Morgan fingerprint density at radius 1 is 1.29 bits per heavy atom. The van der Waals surface area contributed by atoms with E-state index >= 15 is 0 Å². The van der Waals surface area contributed by atoms with E-state index in [0.717, 1.165) is 5.56 Å². The number of benzene rings is 1. The van der Waals surface area contributed by atoms with Crippen LogP contribution in [0.5, 0.6) is 11.5 Å². The van der Waals surface area contributed by atoms with Crippen molar-refractivity contribution < 1.29 is 14.3 Å². The first kappa shape index (κ1) is 13.1. The SMILES string of the molecule is O=C(N/N=C\c1cccnc1)[C@H]1COc2ccccc2O1. The van der Waals surface area contributed by atoms with Crippen molar-refractivity contribution in [3.8, 4) is 11.5 Å². The number of carbonyl (C=O) groups excluding carboxylic acids is 1. The van der Waals surface area contributed by atoms with Crippen LogP contribution in [-0.4, -0.2) is 29.8 Å². The number of carbonyl (C=O) groups is 1. The second-order valence-electron chi connectivity index (χ2n) is 4.38. The summed E-state index contributed by atoms with van der Waals surface area (Å²) in [5.41, 5.74) is 3.22. The molecule has 1 aromatic heterocycles. The third-order valence-corrected chi connectivity index (χ3v) is 2.87. The van der Waals surface area contributed by atoms with E-state index in [1.807, 2.05) is 18.2 Å². The quantitative estimate of drug-likeness (QED) is 0.682. The van der Waals surface area contributed by atoms with Gasteiger partial charge in [0.2, 0.25) is 6.10 Å². The van der Waals surface area contributed by atoms with Crippen LogP contribution in [0.2, 0.25) is 0 Å². The topological polar surface area (TPSA) is 72.8 Å². The average molecular weight is 283 g/mol. The second-order valence-corrected chi connectivity index (χ2v) is 4.38. The average Bonchev–Trinajstić information content (AvgIpc) is 2.55. The number of rotatable bonds is 3. The van der Waals surface area contributed by atoms with Gasteiger partial charge in [0.25, 0.3) is 5.91 Å². The standard InChI is InChI=1S/C15H13N3O3/c19-15(18-17-9-11-4-3-7-16-8-11)14-10-20-12-5-1-2-6-13(12)21-14/h1-9,14H,10H2,(H,18,19)/b17-9-/t14-/m1/s1. The van der Waals surface area contributed by atoms with Gasteiger partial charge in [-0.1, -0.05) is 18.2 Å². The highest BCUT2D eigenvalue weighted by molar-refractivity contribution is 5.84. The minimum Gasteiger partial charge on any atom is -0.485 e. The molecule has 21 heavy (non-hydrogen) atoms. The van der Waals surface area contributed by atoms with E-state index in [0.29, 0.717) is 11.5 Å². The van der Waals surface area contributed by atoms with Crippen LogP contribution < -0.4 is 14.9 Å². The van der Waals surface area contributed by atoms with Crippen molar-refractivity contribution in [3.05, 3.63) is 54.4 Å². The minimum absolute atomic E-state index is 0.158. The molecule has 1 N–H and O–H groups in total. The first-order valence-electron chi connectivity index (χ1n) is 6.44. The molecule has 106 valence electrons. The van der Waals surface area contributed by atoms with Crippen molar-refractivity contribution in [3.63, 3.8) is 0 Å². The normalized spacial score (nSPS) is 16.7. The molecule has 0 unspecified atom stereocenters. The van der Waals surface area contributed by atoms with E-state index in [4.69, 9.17) is 9.47 Å². The zero-order valence-electron chi connectivity index (χ0n) is 11.1. The van der Waals surface area contributed by atoms with E-state index in [2.05, 4.69) is 15.5 Å². The second kappa shape index (κ2) is 6.04. The summed E-state index contributed by atoms with van der Waals surface area (Å²) in [6, 6.07) is 10.8. The van der Waals surface area contributed by atoms with Gasteiger partial charge in [-0.3, -0.25) is 9.78 Å². The molecule has 3 rings (SSSR count). The lowest BCUT2D eigenvalue weighted by Gasteiger charge is -2.24. The minimum atomic E-state index is -0.717. The number of aromatic nitrogens is 1. The molecule has 2 aromatic rings. The third kappa shape index (κ3) is 3.17. The Hall–Kier alpha value is -2.89. The summed E-state index contributed by atoms with van der Waals surface area (Å²) in [5, 5.41) is 3.87. The van der Waals surface area contributed by atoms with Crippen LogP contribution in [0, 0.1) is 0 Å². The fourth-order valence-corrected chi connectivity index (χ4v) is 1.84. The number of amides is 1. The first-order chi connectivity index (χ1) is 10.3. The lowest BCUT2D eigenvalue weighted by Crippen LogP contribution is -2.42. The fourth-order valence-electron chi connectivity index (χ4n) is 1.84. The maximum Gasteiger partial charge on any atom is 0.284 e. The summed E-state index contributed by atoms with van der Waals surface area (Å²) in [6.45, 7) is 0.158. The number of pyridine rings is 1. The molecule has 6 heteroatoms. The first-order valence-corrected chi connectivity index (χ1v) is 6.44. The molecule has 6 nitrogen and oxygen atoms in total. The zero-order chi connectivity index (χ0) is 14.5. The van der Waals surface area contributed by atoms with Gasteiger partial charge >= 0.3 is 0 Å². The number of fused-ring (bicyclic) bond motifs is 1. The van der Waals surface area contributed by atoms with E-state index in [1.165, 1.54) is 6.21 Å². The highest BCUT2D eigenvalue weighted by Gasteiger charge is 2.26. The highest BCUT2D eigenvalue weighted by atomic mass is 16.6. The van der Waals surface area contributed by atoms with Gasteiger partial charge in [0.05, 0.1) is 6.21 Å². The molecule has 0 saturated heterocycles. The van der Waals surface area contributed by atoms with Crippen LogP contribution in [0.25, 0.3) is 0 Å². The Labute approximate surface area is 121 Å². The number of para-hydroxylation sites is 2. The molecule has 0 saturated carbocycles. The Morgan fingerprint density at radius 3 is 2.95 bits per heavy atom. The lowest BCUT2D eigenvalue weighted by atomic mass is 10.2. The number of hydrogen-bond acceptors (Lipinski definition) is 5. The van der Waals surface area contributed by atoms with Crippen molar-refractivity contribution in [2.24, 2.45) is 5.10 Å². The maximum absolute atomic E-state index is 12.0. The van der Waals surface area contributed by atoms with E-state index in [9.17, 15) is 4.79 Å². The van der Waals surface area contributed by atoms with Gasteiger partial charge in [-0.2, -0.15) is 5.10 Å². The number of nitrogens with zero attached hydrogens (tertiary/aromatic N) is 2. The predicted octanol–water partition coefficient (Wildman–Crippen LogP) is 1.37. The molecule has 0 fully saturated rings. The Kier molecular flexibility index (Phi) is 3.77. The molecule has 0 spiro atoms. The van der Waals surface area contributed by atoms with Crippen molar-refractivity contribution in [1.29, 1.82) is 0 Å². The monoisotopic (exact) mass is 283 g/mol. The summed E-state index contributed by atoms with van der Waals surface area (Å²) < 4.78 is 11.0. The van der Waals surface area contributed by atoms with Crippen LogP contribution in [-0.2, 0) is 4.79 Å². The van der Waals surface area contributed by atoms with E-state index < -0.39 is 6.10 Å². The van der Waals surface area contributed by atoms with Gasteiger partial charge in [-0.25, -0.2) is 5.43 Å². The maximum atomic E-state index is 12.0. The number of hydrazone groups is 1. The molecule has 2 heterocycles. The lowest BCUT2D eigenvalue weighted by molar-refractivity contribution is -0.130. The van der Waals surface area contributed by atoms with E-state index in [1.54, 1.807) is 30.6 Å². The molecule has 0 aliphatic carbocycles. The molecule has 1 aliphatic heterocycles. The molecule has 0 bridgehead atoms. The van der Waals surface area contributed by atoms with Crippen LogP contribution in [0.1, 0.15) is 5.56 Å². The predicted molar refractivity (Wildman–Crippen MR) is 76.3 cm³/mol. The van der Waals surface area contributed by atoms with Gasteiger partial charge in [0.15, 0.2) is 11.5 Å². The summed E-state index contributed by atoms with van der Waals surface area (Å²) in [4.78, 5) is 15.9. The van der Waals surface area contributed by atoms with Crippen LogP contribution in [0.3, 0.4) is 0 Å². The molecule has 1 atom stereocenters. The Bertz CT molecular complexity index is 658. The highest BCUT2D eigenvalue weighted by Crippen LogP contribution is 2.30. The van der Waals surface area contributed by atoms with Crippen molar-refractivity contribution in [1.82, 2.24) is 10.4 Å².